The van der Waals surface area contributed by atoms with Crippen LogP contribution in [0.25, 0.3) is 11.0 Å². The highest BCUT2D eigenvalue weighted by atomic mass is 32.2. The largest absolute Gasteiger partial charge is 0.548 e. The molecule has 0 spiro atoms. The van der Waals surface area contributed by atoms with Gasteiger partial charge in [0.05, 0.1) is 12.0 Å². The van der Waals surface area contributed by atoms with Crippen LogP contribution in [0.1, 0.15) is 24.0 Å². The summed E-state index contributed by atoms with van der Waals surface area (Å²) in [6.07, 6.45) is 4.66. The lowest BCUT2D eigenvalue weighted by Gasteiger charge is -2.19. The molecule has 0 aliphatic heterocycles. The number of fused-ring (bicyclic) bond motifs is 3. The Bertz CT molecular complexity index is 922. The SMILES string of the molecule is CSCC[C@H](NC(=O)COc1ccc2c3c(c(=O)oc2c1)CCC3)C(=O)[O-]. The van der Waals surface area contributed by atoms with Crippen LogP contribution in [0.3, 0.4) is 0 Å². The van der Waals surface area contributed by atoms with Gasteiger partial charge in [-0.25, -0.2) is 4.79 Å². The number of carbonyl (C=O) groups is 2. The first-order valence-corrected chi connectivity index (χ1v) is 10.1. The van der Waals surface area contributed by atoms with Crippen molar-refractivity contribution in [2.75, 3.05) is 18.6 Å². The predicted molar refractivity (Wildman–Crippen MR) is 99.9 cm³/mol. The van der Waals surface area contributed by atoms with Crippen molar-refractivity contribution < 1.29 is 23.8 Å². The monoisotopic (exact) mass is 390 g/mol. The van der Waals surface area contributed by atoms with Gasteiger partial charge in [-0.05, 0) is 55.4 Å². The van der Waals surface area contributed by atoms with Gasteiger partial charge >= 0.3 is 5.63 Å². The molecule has 1 aromatic carbocycles. The van der Waals surface area contributed by atoms with Crippen LogP contribution in [-0.2, 0) is 22.4 Å². The van der Waals surface area contributed by atoms with Crippen molar-refractivity contribution in [1.29, 1.82) is 0 Å². The number of nitrogens with one attached hydrogen (secondary N) is 1. The van der Waals surface area contributed by atoms with Crippen LogP contribution in [0.4, 0.5) is 0 Å². The lowest BCUT2D eigenvalue weighted by atomic mass is 10.1. The Balaban J connectivity index is 1.66. The Morgan fingerprint density at radius 1 is 1.33 bits per heavy atom. The number of benzene rings is 1. The molecular formula is C19H20NO6S-. The van der Waals surface area contributed by atoms with Crippen molar-refractivity contribution in [1.82, 2.24) is 5.32 Å². The summed E-state index contributed by atoms with van der Waals surface area (Å²) in [5, 5.41) is 14.3. The van der Waals surface area contributed by atoms with E-state index in [9.17, 15) is 19.5 Å². The number of carboxylic acid groups (broad SMARTS) is 1. The number of amides is 1. The third kappa shape index (κ3) is 4.44. The van der Waals surface area contributed by atoms with Crippen LogP contribution in [-0.4, -0.2) is 36.5 Å². The average Bonchev–Trinajstić information content (AvgIpc) is 3.13. The minimum Gasteiger partial charge on any atom is -0.548 e. The molecule has 27 heavy (non-hydrogen) atoms. The number of aryl methyl sites for hydroxylation is 1. The molecule has 1 heterocycles. The zero-order valence-electron chi connectivity index (χ0n) is 14.9. The Morgan fingerprint density at radius 3 is 2.85 bits per heavy atom. The number of hydrogen-bond donors (Lipinski definition) is 1. The quantitative estimate of drug-likeness (QED) is 0.659. The minimum atomic E-state index is -1.32. The molecule has 0 bridgehead atoms. The van der Waals surface area contributed by atoms with Crippen molar-refractivity contribution >= 4 is 34.6 Å². The van der Waals surface area contributed by atoms with Gasteiger partial charge in [0.2, 0.25) is 0 Å². The van der Waals surface area contributed by atoms with E-state index >= 15 is 0 Å². The Kier molecular flexibility index (Phi) is 6.05. The number of rotatable bonds is 8. The summed E-state index contributed by atoms with van der Waals surface area (Å²) in [7, 11) is 0. The second-order valence-electron chi connectivity index (χ2n) is 6.37. The smallest absolute Gasteiger partial charge is 0.339 e. The molecule has 0 saturated carbocycles. The molecule has 7 nitrogen and oxygen atoms in total. The fourth-order valence-corrected chi connectivity index (χ4v) is 3.69. The molecule has 1 amide bonds. The summed E-state index contributed by atoms with van der Waals surface area (Å²) in [6.45, 7) is -0.344. The number of thioether (sulfide) groups is 1. The van der Waals surface area contributed by atoms with Crippen LogP contribution in [0.5, 0.6) is 5.75 Å². The second-order valence-corrected chi connectivity index (χ2v) is 7.35. The second kappa shape index (κ2) is 8.47. The fraction of sp³-hybridized carbons (Fsp3) is 0.421. The van der Waals surface area contributed by atoms with Crippen LogP contribution in [0.15, 0.2) is 27.4 Å². The van der Waals surface area contributed by atoms with Gasteiger partial charge in [0.25, 0.3) is 5.91 Å². The summed E-state index contributed by atoms with van der Waals surface area (Å²) in [4.78, 5) is 35.1. The Morgan fingerprint density at radius 2 is 2.11 bits per heavy atom. The Hall–Kier alpha value is -2.48. The van der Waals surface area contributed by atoms with E-state index in [1.807, 2.05) is 12.3 Å². The molecule has 8 heteroatoms. The van der Waals surface area contributed by atoms with Gasteiger partial charge in [0, 0.05) is 17.0 Å². The lowest BCUT2D eigenvalue weighted by molar-refractivity contribution is -0.308. The third-order valence-corrected chi connectivity index (χ3v) is 5.19. The molecule has 1 aliphatic carbocycles. The van der Waals surface area contributed by atoms with Crippen LogP contribution >= 0.6 is 11.8 Å². The van der Waals surface area contributed by atoms with Gasteiger partial charge in [-0.15, -0.1) is 0 Å². The molecule has 0 radical (unpaired) electrons. The third-order valence-electron chi connectivity index (χ3n) is 4.55. The number of carbonyl (C=O) groups excluding carboxylic acids is 2. The van der Waals surface area contributed by atoms with Crippen molar-refractivity contribution in [3.8, 4) is 5.75 Å². The van der Waals surface area contributed by atoms with Crippen molar-refractivity contribution in [2.24, 2.45) is 0 Å². The molecule has 1 atom stereocenters. The van der Waals surface area contributed by atoms with Crippen LogP contribution in [0, 0.1) is 0 Å². The van der Waals surface area contributed by atoms with E-state index in [-0.39, 0.29) is 18.7 Å². The molecular weight excluding hydrogens is 370 g/mol. The van der Waals surface area contributed by atoms with Gasteiger partial charge in [-0.3, -0.25) is 4.79 Å². The van der Waals surface area contributed by atoms with Crippen LogP contribution < -0.4 is 20.8 Å². The highest BCUT2D eigenvalue weighted by Crippen LogP contribution is 2.29. The van der Waals surface area contributed by atoms with E-state index in [4.69, 9.17) is 9.15 Å². The van der Waals surface area contributed by atoms with Gasteiger partial charge in [0.15, 0.2) is 6.61 Å². The standard InChI is InChI=1S/C19H21NO6S/c1-27-8-7-15(18(22)23)20-17(21)10-25-11-5-6-13-12-3-2-4-14(12)19(24)26-16(13)9-11/h5-6,9,15H,2-4,7-8,10H2,1H3,(H,20,21)(H,22,23)/p-1/t15-/m0/s1. The van der Waals surface area contributed by atoms with E-state index < -0.39 is 17.9 Å². The zero-order valence-corrected chi connectivity index (χ0v) is 15.7. The molecule has 1 aromatic heterocycles. The first kappa shape index (κ1) is 19.3. The summed E-state index contributed by atoms with van der Waals surface area (Å²) >= 11 is 1.49. The fourth-order valence-electron chi connectivity index (χ4n) is 3.22. The summed E-state index contributed by atoms with van der Waals surface area (Å²) in [5.74, 6) is -0.916. The topological polar surface area (TPSA) is 109 Å². The van der Waals surface area contributed by atoms with Gasteiger partial charge in [-0.1, -0.05) is 0 Å². The molecule has 0 saturated heterocycles. The maximum absolute atomic E-state index is 12.0. The van der Waals surface area contributed by atoms with Crippen LogP contribution in [0.2, 0.25) is 0 Å². The molecule has 144 valence electrons. The van der Waals surface area contributed by atoms with Gasteiger partial charge in [-0.2, -0.15) is 11.8 Å². The van der Waals surface area contributed by atoms with E-state index in [0.717, 1.165) is 35.8 Å². The minimum absolute atomic E-state index is 0.279. The lowest BCUT2D eigenvalue weighted by Crippen LogP contribution is -2.49. The summed E-state index contributed by atoms with van der Waals surface area (Å²) in [5.41, 5.74) is 1.87. The van der Waals surface area contributed by atoms with E-state index in [1.54, 1.807) is 12.1 Å². The molecule has 3 rings (SSSR count). The molecule has 0 fully saturated rings. The van der Waals surface area contributed by atoms with Crippen molar-refractivity contribution in [2.45, 2.75) is 31.7 Å². The normalized spacial score (nSPS) is 14.0. The molecule has 0 unspecified atom stereocenters. The van der Waals surface area contributed by atoms with Crippen molar-refractivity contribution in [3.63, 3.8) is 0 Å². The zero-order chi connectivity index (χ0) is 19.4. The molecule has 2 aromatic rings. The molecule has 1 aliphatic rings. The number of carboxylic acids is 1. The number of hydrogen-bond acceptors (Lipinski definition) is 7. The predicted octanol–water partition coefficient (Wildman–Crippen LogP) is 0.648. The first-order chi connectivity index (χ1) is 13.0. The average molecular weight is 390 g/mol. The highest BCUT2D eigenvalue weighted by Gasteiger charge is 2.20. The van der Waals surface area contributed by atoms with Gasteiger partial charge in [0.1, 0.15) is 11.3 Å². The maximum atomic E-state index is 12.0. The summed E-state index contributed by atoms with van der Waals surface area (Å²) < 4.78 is 10.8. The first-order valence-electron chi connectivity index (χ1n) is 8.70. The van der Waals surface area contributed by atoms with E-state index in [0.29, 0.717) is 17.1 Å². The number of aliphatic carboxylic acids is 1. The van der Waals surface area contributed by atoms with E-state index in [2.05, 4.69) is 5.32 Å². The van der Waals surface area contributed by atoms with Crippen molar-refractivity contribution in [3.05, 3.63) is 39.7 Å². The van der Waals surface area contributed by atoms with E-state index in [1.165, 1.54) is 11.8 Å². The Labute approximate surface area is 160 Å². The number of ether oxygens (including phenoxy) is 1. The highest BCUT2D eigenvalue weighted by molar-refractivity contribution is 7.98. The summed E-state index contributed by atoms with van der Waals surface area (Å²) in [6, 6.07) is 4.05. The van der Waals surface area contributed by atoms with Gasteiger partial charge < -0.3 is 24.4 Å². The maximum Gasteiger partial charge on any atom is 0.339 e. The molecule has 1 N–H and O–H groups in total.